The molecule has 3 aromatic rings. The van der Waals surface area contributed by atoms with Crippen LogP contribution in [0.15, 0.2) is 42.6 Å². The number of hydrogen-bond donors (Lipinski definition) is 3. The first kappa shape index (κ1) is 20.0. The number of halogens is 1. The molecule has 1 aromatic heterocycles. The molecular formula is C21H23ClN2O4. The Balaban J connectivity index is 1.76. The number of carbonyl (C=O) groups is 1. The number of methoxy groups -OCH3 is 1. The van der Waals surface area contributed by atoms with E-state index in [0.29, 0.717) is 36.1 Å². The number of rotatable bonds is 9. The van der Waals surface area contributed by atoms with Gasteiger partial charge in [-0.2, -0.15) is 0 Å². The van der Waals surface area contributed by atoms with Gasteiger partial charge in [-0.3, -0.25) is 4.79 Å². The molecule has 0 aliphatic carbocycles. The van der Waals surface area contributed by atoms with Crippen molar-refractivity contribution in [2.45, 2.75) is 25.9 Å². The minimum Gasteiger partial charge on any atom is -0.491 e. The van der Waals surface area contributed by atoms with Crippen molar-refractivity contribution in [1.29, 1.82) is 0 Å². The van der Waals surface area contributed by atoms with Gasteiger partial charge in [0.25, 0.3) is 0 Å². The molecule has 0 aliphatic rings. The lowest BCUT2D eigenvalue weighted by Gasteiger charge is -2.16. The second-order valence-corrected chi connectivity index (χ2v) is 6.78. The molecule has 0 radical (unpaired) electrons. The summed E-state index contributed by atoms with van der Waals surface area (Å²) < 4.78 is 10.9. The van der Waals surface area contributed by atoms with Gasteiger partial charge in [0.2, 0.25) is 0 Å². The Morgan fingerprint density at radius 1 is 1.32 bits per heavy atom. The average Bonchev–Trinajstić information content (AvgIpc) is 3.08. The normalized spacial score (nSPS) is 12.1. The zero-order valence-corrected chi connectivity index (χ0v) is 16.5. The highest BCUT2D eigenvalue weighted by Crippen LogP contribution is 2.36. The van der Waals surface area contributed by atoms with E-state index in [-0.39, 0.29) is 0 Å². The van der Waals surface area contributed by atoms with Crippen LogP contribution in [-0.2, 0) is 17.8 Å². The number of ether oxygens (including phenoxy) is 2. The molecule has 3 rings (SSSR count). The molecule has 28 heavy (non-hydrogen) atoms. The Bertz CT molecular complexity index is 970. The molecular weight excluding hydrogens is 380 g/mol. The summed E-state index contributed by atoms with van der Waals surface area (Å²) in [5.41, 5.74) is 2.77. The Morgan fingerprint density at radius 3 is 2.82 bits per heavy atom. The van der Waals surface area contributed by atoms with Crippen molar-refractivity contribution in [2.24, 2.45) is 0 Å². The van der Waals surface area contributed by atoms with Gasteiger partial charge >= 0.3 is 5.97 Å². The van der Waals surface area contributed by atoms with E-state index in [1.165, 1.54) is 7.11 Å². The summed E-state index contributed by atoms with van der Waals surface area (Å²) in [6, 6.07) is 10.7. The fourth-order valence-corrected chi connectivity index (χ4v) is 3.50. The summed E-state index contributed by atoms with van der Waals surface area (Å²) in [5.74, 6) is 0.105. The molecule has 2 aromatic carbocycles. The van der Waals surface area contributed by atoms with Gasteiger partial charge in [0.05, 0.1) is 18.7 Å². The molecule has 0 aliphatic heterocycles. The average molecular weight is 403 g/mol. The number of H-pyrrole nitrogens is 1. The van der Waals surface area contributed by atoms with E-state index in [9.17, 15) is 9.90 Å². The first-order valence-corrected chi connectivity index (χ1v) is 9.41. The lowest BCUT2D eigenvalue weighted by molar-refractivity contribution is -0.139. The monoisotopic (exact) mass is 402 g/mol. The summed E-state index contributed by atoms with van der Waals surface area (Å²) in [7, 11) is 1.53. The Morgan fingerprint density at radius 2 is 2.11 bits per heavy atom. The molecule has 0 saturated heterocycles. The van der Waals surface area contributed by atoms with E-state index in [4.69, 9.17) is 21.1 Å². The first-order valence-electron chi connectivity index (χ1n) is 9.03. The number of benzene rings is 2. The van der Waals surface area contributed by atoms with Crippen LogP contribution in [-0.4, -0.2) is 35.8 Å². The van der Waals surface area contributed by atoms with Crippen molar-refractivity contribution in [2.75, 3.05) is 13.7 Å². The number of aromatic nitrogens is 1. The minimum absolute atomic E-state index is 0.336. The molecule has 7 heteroatoms. The number of para-hydroxylation sites is 1. The van der Waals surface area contributed by atoms with Crippen molar-refractivity contribution in [3.8, 4) is 11.5 Å². The van der Waals surface area contributed by atoms with Crippen LogP contribution in [0.1, 0.15) is 18.1 Å². The molecule has 148 valence electrons. The van der Waals surface area contributed by atoms with Gasteiger partial charge in [0, 0.05) is 30.1 Å². The SMILES string of the molecule is CCOc1cc(CN[C@H](Cc2c[nH]c3ccccc23)C(=O)O)cc(Cl)c1OC. The quantitative estimate of drug-likeness (QED) is 0.503. The molecule has 6 nitrogen and oxygen atoms in total. The van der Waals surface area contributed by atoms with Gasteiger partial charge in [-0.1, -0.05) is 29.8 Å². The highest BCUT2D eigenvalue weighted by molar-refractivity contribution is 6.32. The third kappa shape index (κ3) is 4.40. The minimum atomic E-state index is -0.907. The molecule has 1 heterocycles. The van der Waals surface area contributed by atoms with Crippen LogP contribution in [0.3, 0.4) is 0 Å². The first-order chi connectivity index (χ1) is 13.5. The van der Waals surface area contributed by atoms with Crippen molar-refractivity contribution in [3.63, 3.8) is 0 Å². The number of carboxylic acids is 1. The molecule has 0 saturated carbocycles. The number of fused-ring (bicyclic) bond motifs is 1. The van der Waals surface area contributed by atoms with Crippen LogP contribution in [0.2, 0.25) is 5.02 Å². The lowest BCUT2D eigenvalue weighted by atomic mass is 10.0. The predicted molar refractivity (Wildman–Crippen MR) is 109 cm³/mol. The Hall–Kier alpha value is -2.70. The van der Waals surface area contributed by atoms with E-state index in [0.717, 1.165) is 22.0 Å². The van der Waals surface area contributed by atoms with E-state index in [2.05, 4.69) is 10.3 Å². The lowest BCUT2D eigenvalue weighted by Crippen LogP contribution is -2.38. The van der Waals surface area contributed by atoms with Crippen LogP contribution in [0.25, 0.3) is 10.9 Å². The summed E-state index contributed by atoms with van der Waals surface area (Å²) in [6.45, 7) is 2.69. The number of aromatic amines is 1. The number of nitrogens with one attached hydrogen (secondary N) is 2. The smallest absolute Gasteiger partial charge is 0.321 e. The van der Waals surface area contributed by atoms with Crippen molar-refractivity contribution < 1.29 is 19.4 Å². The maximum atomic E-state index is 11.8. The summed E-state index contributed by atoms with van der Waals surface area (Å²) >= 11 is 6.28. The van der Waals surface area contributed by atoms with Gasteiger partial charge in [-0.05, 0) is 36.2 Å². The maximum Gasteiger partial charge on any atom is 0.321 e. The highest BCUT2D eigenvalue weighted by Gasteiger charge is 2.20. The van der Waals surface area contributed by atoms with Crippen molar-refractivity contribution in [3.05, 3.63) is 58.7 Å². The van der Waals surface area contributed by atoms with Crippen LogP contribution in [0.5, 0.6) is 11.5 Å². The van der Waals surface area contributed by atoms with Crippen LogP contribution >= 0.6 is 11.6 Å². The third-order valence-electron chi connectivity index (χ3n) is 4.52. The molecule has 0 amide bonds. The van der Waals surface area contributed by atoms with E-state index >= 15 is 0 Å². The van der Waals surface area contributed by atoms with Gasteiger partial charge < -0.3 is 24.9 Å². The fraction of sp³-hybridized carbons (Fsp3) is 0.286. The molecule has 3 N–H and O–H groups in total. The van der Waals surface area contributed by atoms with E-state index in [1.807, 2.05) is 43.5 Å². The van der Waals surface area contributed by atoms with Gasteiger partial charge in [0.1, 0.15) is 6.04 Å². The number of carboxylic acid groups (broad SMARTS) is 1. The van der Waals surface area contributed by atoms with E-state index < -0.39 is 12.0 Å². The third-order valence-corrected chi connectivity index (χ3v) is 4.80. The van der Waals surface area contributed by atoms with Gasteiger partial charge in [-0.25, -0.2) is 0 Å². The van der Waals surface area contributed by atoms with Crippen molar-refractivity contribution in [1.82, 2.24) is 10.3 Å². The van der Waals surface area contributed by atoms with Gasteiger partial charge in [-0.15, -0.1) is 0 Å². The maximum absolute atomic E-state index is 11.8. The zero-order valence-electron chi connectivity index (χ0n) is 15.8. The Labute approximate surface area is 168 Å². The summed E-state index contributed by atoms with van der Waals surface area (Å²) in [4.78, 5) is 15.0. The molecule has 1 atom stereocenters. The van der Waals surface area contributed by atoms with Gasteiger partial charge in [0.15, 0.2) is 11.5 Å². The number of hydrogen-bond acceptors (Lipinski definition) is 4. The van der Waals surface area contributed by atoms with E-state index in [1.54, 1.807) is 6.07 Å². The Kier molecular flexibility index (Phi) is 6.44. The second-order valence-electron chi connectivity index (χ2n) is 6.38. The highest BCUT2D eigenvalue weighted by atomic mass is 35.5. The van der Waals surface area contributed by atoms with Crippen LogP contribution in [0.4, 0.5) is 0 Å². The molecule has 0 spiro atoms. The number of aliphatic carboxylic acids is 1. The zero-order chi connectivity index (χ0) is 20.1. The predicted octanol–water partition coefficient (Wildman–Crippen LogP) is 4.01. The summed E-state index contributed by atoms with van der Waals surface area (Å²) in [5, 5.41) is 14.2. The molecule has 0 bridgehead atoms. The van der Waals surface area contributed by atoms with Crippen LogP contribution in [0, 0.1) is 0 Å². The largest absolute Gasteiger partial charge is 0.491 e. The summed E-state index contributed by atoms with van der Waals surface area (Å²) in [6.07, 6.45) is 2.22. The molecule has 0 fully saturated rings. The van der Waals surface area contributed by atoms with Crippen LogP contribution < -0.4 is 14.8 Å². The molecule has 0 unspecified atom stereocenters. The van der Waals surface area contributed by atoms with Crippen molar-refractivity contribution >= 4 is 28.5 Å². The second kappa shape index (κ2) is 8.99. The topological polar surface area (TPSA) is 83.6 Å². The fourth-order valence-electron chi connectivity index (χ4n) is 3.19. The standard InChI is InChI=1S/C21H23ClN2O4/c1-3-28-19-9-13(8-16(22)20(19)27-2)11-23-18(21(25)26)10-14-12-24-17-7-5-4-6-15(14)17/h4-9,12,18,23-24H,3,10-11H2,1-2H3,(H,25,26)/t18-/m1/s1.